The number of urea groups is 1. The number of morpholine rings is 1. The van der Waals surface area contributed by atoms with E-state index >= 15 is 0 Å². The lowest BCUT2D eigenvalue weighted by Gasteiger charge is -2.30. The highest BCUT2D eigenvalue weighted by Crippen LogP contribution is 2.20. The van der Waals surface area contributed by atoms with Gasteiger partial charge in [-0.1, -0.05) is 67.6 Å². The molecule has 296 valence electrons. The maximum Gasteiger partial charge on any atom is 0.407 e. The summed E-state index contributed by atoms with van der Waals surface area (Å²) in [7, 11) is 1.68. The first-order valence-corrected chi connectivity index (χ1v) is 20.6. The van der Waals surface area contributed by atoms with E-state index in [-0.39, 0.29) is 49.7 Å². The Labute approximate surface area is 331 Å². The van der Waals surface area contributed by atoms with Crippen LogP contribution in [0.4, 0.5) is 9.59 Å². The van der Waals surface area contributed by atoms with Gasteiger partial charge in [-0.3, -0.25) is 14.7 Å². The van der Waals surface area contributed by atoms with E-state index in [0.717, 1.165) is 39.8 Å². The average Bonchev–Trinajstić information content (AvgIpc) is 3.91. The minimum absolute atomic E-state index is 0.000708. The van der Waals surface area contributed by atoms with Crippen molar-refractivity contribution in [2.45, 2.75) is 76.2 Å². The minimum atomic E-state index is -0.795. The van der Waals surface area contributed by atoms with Gasteiger partial charge in [0.25, 0.3) is 0 Å². The van der Waals surface area contributed by atoms with Gasteiger partial charge in [-0.25, -0.2) is 14.6 Å². The Morgan fingerprint density at radius 1 is 0.927 bits per heavy atom. The number of rotatable bonds is 20. The van der Waals surface area contributed by atoms with E-state index in [4.69, 9.17) is 9.47 Å². The molecule has 5 rings (SSSR count). The summed E-state index contributed by atoms with van der Waals surface area (Å²) in [5.74, 6) is -0.345. The molecular formula is C40H53N7O6S2. The maximum atomic E-state index is 14.2. The van der Waals surface area contributed by atoms with Crippen molar-refractivity contribution in [2.24, 2.45) is 0 Å². The van der Waals surface area contributed by atoms with Gasteiger partial charge in [0.1, 0.15) is 12.6 Å². The molecule has 2 aromatic carbocycles. The molecule has 4 aromatic rings. The van der Waals surface area contributed by atoms with E-state index < -0.39 is 12.1 Å². The third-order valence-electron chi connectivity index (χ3n) is 9.47. The molecule has 1 aliphatic heterocycles. The highest BCUT2D eigenvalue weighted by molar-refractivity contribution is 7.09. The molecule has 0 bridgehead atoms. The summed E-state index contributed by atoms with van der Waals surface area (Å²) < 4.78 is 11.0. The highest BCUT2D eigenvalue weighted by Gasteiger charge is 2.27. The number of hydrogen-bond donors (Lipinski definition) is 4. The SMILES string of the molecule is C[C@H](CO)c1nc(CN(C)C(=O)N[C@@H](CCN2CCOCC2)C(=O)N[C@H](CC[C@H](Cc2ccccc2)NC(=O)OCc2cncs2)Cc2ccccc2)cs1. The average molecular weight is 792 g/mol. The van der Waals surface area contributed by atoms with Gasteiger partial charge < -0.3 is 35.4 Å². The zero-order chi connectivity index (χ0) is 38.8. The van der Waals surface area contributed by atoms with Crippen LogP contribution >= 0.6 is 22.7 Å². The van der Waals surface area contributed by atoms with Crippen LogP contribution in [0.15, 0.2) is 77.8 Å². The van der Waals surface area contributed by atoms with Crippen molar-refractivity contribution in [2.75, 3.05) is 46.5 Å². The molecule has 0 spiro atoms. The Kier molecular flexibility index (Phi) is 16.9. The van der Waals surface area contributed by atoms with Crippen LogP contribution in [0.25, 0.3) is 0 Å². The molecule has 0 radical (unpaired) electrons. The van der Waals surface area contributed by atoms with Gasteiger partial charge in [-0.05, 0) is 43.2 Å². The summed E-state index contributed by atoms with van der Waals surface area (Å²) in [6.07, 6.45) is 3.89. The van der Waals surface area contributed by atoms with Gasteiger partial charge >= 0.3 is 12.1 Å². The van der Waals surface area contributed by atoms with Gasteiger partial charge in [0.05, 0.1) is 47.5 Å². The number of thiazole rings is 2. The Morgan fingerprint density at radius 3 is 2.20 bits per heavy atom. The third-order valence-corrected chi connectivity index (χ3v) is 11.4. The van der Waals surface area contributed by atoms with Crippen LogP contribution in [0, 0.1) is 0 Å². The largest absolute Gasteiger partial charge is 0.444 e. The van der Waals surface area contributed by atoms with Gasteiger partial charge in [0.15, 0.2) is 0 Å². The second-order valence-corrected chi connectivity index (χ2v) is 15.8. The summed E-state index contributed by atoms with van der Waals surface area (Å²) in [5, 5.41) is 21.6. The van der Waals surface area contributed by atoms with E-state index in [1.807, 2.05) is 73.0 Å². The van der Waals surface area contributed by atoms with Crippen molar-refractivity contribution in [1.29, 1.82) is 0 Å². The lowest BCUT2D eigenvalue weighted by molar-refractivity contribution is -0.124. The highest BCUT2D eigenvalue weighted by atomic mass is 32.1. The molecule has 1 saturated heterocycles. The minimum Gasteiger partial charge on any atom is -0.444 e. The summed E-state index contributed by atoms with van der Waals surface area (Å²) in [6, 6.07) is 18.2. The third kappa shape index (κ3) is 14.3. The fourth-order valence-corrected chi connectivity index (χ4v) is 7.66. The van der Waals surface area contributed by atoms with Crippen LogP contribution in [-0.4, -0.2) is 108 Å². The number of alkyl carbamates (subject to hydrolysis) is 1. The number of nitrogens with one attached hydrogen (secondary N) is 3. The van der Waals surface area contributed by atoms with Crippen molar-refractivity contribution in [3.05, 3.63) is 104 Å². The first kappa shape index (κ1) is 41.7. The van der Waals surface area contributed by atoms with Crippen LogP contribution in [0.2, 0.25) is 0 Å². The van der Waals surface area contributed by atoms with E-state index in [9.17, 15) is 19.5 Å². The number of amides is 4. The lowest BCUT2D eigenvalue weighted by atomic mass is 9.95. The molecule has 15 heteroatoms. The number of aliphatic hydroxyl groups is 1. The number of ether oxygens (including phenoxy) is 2. The molecule has 3 heterocycles. The van der Waals surface area contributed by atoms with Gasteiger partial charge in [0, 0.05) is 56.3 Å². The quantitative estimate of drug-likeness (QED) is 0.0970. The zero-order valence-corrected chi connectivity index (χ0v) is 33.2. The maximum absolute atomic E-state index is 14.2. The Morgan fingerprint density at radius 2 is 1.58 bits per heavy atom. The summed E-state index contributed by atoms with van der Waals surface area (Å²) in [5.41, 5.74) is 4.56. The van der Waals surface area contributed by atoms with E-state index in [1.165, 1.54) is 27.6 Å². The molecular weight excluding hydrogens is 739 g/mol. The normalized spacial score (nSPS) is 15.3. The summed E-state index contributed by atoms with van der Waals surface area (Å²) >= 11 is 2.88. The molecule has 1 fully saturated rings. The number of aromatic nitrogens is 2. The number of aliphatic hydroxyl groups excluding tert-OH is 1. The standard InChI is InChI=1S/C40H53N7O6S2/c1-29(25-48)38-43-34(27-54-38)24-46(2)39(50)45-36(15-16-47-17-19-52-20-18-47)37(49)42-32(21-30-9-5-3-6-10-30)13-14-33(22-31-11-7-4-8-12-31)44-40(51)53-26-35-23-41-28-55-35/h3-12,23,27-29,32-33,36,48H,13-22,24-26H2,1-2H3,(H,42,49)(H,44,51)(H,45,50)/t29-,32-,33-,36+/m1/s1. The van der Waals surface area contributed by atoms with Crippen LogP contribution in [0.5, 0.6) is 0 Å². The first-order valence-electron chi connectivity index (χ1n) is 18.8. The van der Waals surface area contributed by atoms with Crippen molar-refractivity contribution in [1.82, 2.24) is 35.7 Å². The van der Waals surface area contributed by atoms with Gasteiger partial charge in [-0.15, -0.1) is 22.7 Å². The van der Waals surface area contributed by atoms with Crippen molar-refractivity contribution < 1.29 is 29.0 Å². The summed E-state index contributed by atoms with van der Waals surface area (Å²) in [4.78, 5) is 54.1. The molecule has 13 nitrogen and oxygen atoms in total. The Hall–Kier alpha value is -4.41. The topological polar surface area (TPSA) is 158 Å². The number of hydrogen-bond acceptors (Lipinski definition) is 11. The molecule has 4 atom stereocenters. The molecule has 0 saturated carbocycles. The van der Waals surface area contributed by atoms with Gasteiger partial charge in [-0.2, -0.15) is 0 Å². The number of carbonyl (C=O) groups is 3. The van der Waals surface area contributed by atoms with Crippen LogP contribution in [0.3, 0.4) is 0 Å². The van der Waals surface area contributed by atoms with Crippen LogP contribution in [-0.2, 0) is 40.3 Å². The number of carbonyl (C=O) groups excluding carboxylic acids is 3. The smallest absolute Gasteiger partial charge is 0.407 e. The van der Waals surface area contributed by atoms with E-state index in [0.29, 0.717) is 51.9 Å². The molecule has 4 amide bonds. The molecule has 0 aliphatic carbocycles. The first-order chi connectivity index (χ1) is 26.7. The monoisotopic (exact) mass is 791 g/mol. The van der Waals surface area contributed by atoms with Crippen LogP contribution < -0.4 is 16.0 Å². The van der Waals surface area contributed by atoms with Crippen molar-refractivity contribution >= 4 is 40.7 Å². The van der Waals surface area contributed by atoms with Crippen molar-refractivity contribution in [3.63, 3.8) is 0 Å². The Bertz CT molecular complexity index is 1720. The second-order valence-electron chi connectivity index (χ2n) is 13.9. The van der Waals surface area contributed by atoms with Crippen LogP contribution in [0.1, 0.15) is 58.8 Å². The molecule has 1 aliphatic rings. The van der Waals surface area contributed by atoms with E-state index in [2.05, 4.69) is 30.8 Å². The zero-order valence-electron chi connectivity index (χ0n) is 31.6. The molecule has 2 aromatic heterocycles. The predicted octanol–water partition coefficient (Wildman–Crippen LogP) is 4.97. The molecule has 4 N–H and O–H groups in total. The molecule has 0 unspecified atom stereocenters. The number of benzene rings is 2. The van der Waals surface area contributed by atoms with E-state index in [1.54, 1.807) is 18.8 Å². The predicted molar refractivity (Wildman–Crippen MR) is 214 cm³/mol. The lowest BCUT2D eigenvalue weighted by Crippen LogP contribution is -2.54. The Balaban J connectivity index is 1.28. The fraction of sp³-hybridized carbons (Fsp3) is 0.475. The van der Waals surface area contributed by atoms with Crippen molar-refractivity contribution in [3.8, 4) is 0 Å². The fourth-order valence-electron chi connectivity index (χ4n) is 6.29. The molecule has 55 heavy (non-hydrogen) atoms. The van der Waals surface area contributed by atoms with Gasteiger partial charge in [0.2, 0.25) is 5.91 Å². The summed E-state index contributed by atoms with van der Waals surface area (Å²) in [6.45, 7) is 5.72. The number of nitrogens with zero attached hydrogens (tertiary/aromatic N) is 4. The second kappa shape index (κ2) is 22.2.